The lowest BCUT2D eigenvalue weighted by Crippen LogP contribution is -2.15. The number of aryl methyl sites for hydroxylation is 1. The first-order valence-corrected chi connectivity index (χ1v) is 10.8. The van der Waals surface area contributed by atoms with Gasteiger partial charge in [0, 0.05) is 28.1 Å². The second-order valence-corrected chi connectivity index (χ2v) is 7.71. The number of carbonyl (C=O) groups is 2. The molecule has 0 aliphatic rings. The number of anilines is 1. The molecule has 32 heavy (non-hydrogen) atoms. The van der Waals surface area contributed by atoms with Crippen molar-refractivity contribution in [2.24, 2.45) is 0 Å². The Balaban J connectivity index is 2.06. The molecule has 0 fully saturated rings. The smallest absolute Gasteiger partial charge is 0.341 e. The third kappa shape index (κ3) is 4.86. The van der Waals surface area contributed by atoms with Crippen LogP contribution in [0.3, 0.4) is 0 Å². The lowest BCUT2D eigenvalue weighted by molar-refractivity contribution is 0.0529. The van der Waals surface area contributed by atoms with E-state index in [9.17, 15) is 9.59 Å². The van der Waals surface area contributed by atoms with Crippen LogP contribution in [0.2, 0.25) is 0 Å². The number of rotatable bonds is 8. The number of nitrogens with one attached hydrogen (secondary N) is 1. The third-order valence-electron chi connectivity index (χ3n) is 4.76. The summed E-state index contributed by atoms with van der Waals surface area (Å²) in [6.07, 6.45) is 0. The molecule has 168 valence electrons. The molecule has 0 aliphatic heterocycles. The Bertz CT molecular complexity index is 1120. The van der Waals surface area contributed by atoms with Gasteiger partial charge in [0.15, 0.2) is 0 Å². The summed E-state index contributed by atoms with van der Waals surface area (Å²) >= 11 is 1.24. The maximum absolute atomic E-state index is 13.0. The van der Waals surface area contributed by atoms with E-state index in [-0.39, 0.29) is 12.2 Å². The van der Waals surface area contributed by atoms with Crippen LogP contribution in [0.1, 0.15) is 33.2 Å². The van der Waals surface area contributed by atoms with Gasteiger partial charge in [0.25, 0.3) is 5.91 Å². The molecule has 3 rings (SSSR count). The van der Waals surface area contributed by atoms with Crippen LogP contribution in [-0.4, -0.2) is 39.8 Å². The van der Waals surface area contributed by atoms with Crippen molar-refractivity contribution in [1.29, 1.82) is 0 Å². The second kappa shape index (κ2) is 10.2. The molecule has 0 unspecified atom stereocenters. The molecule has 8 heteroatoms. The van der Waals surface area contributed by atoms with Gasteiger partial charge in [-0.1, -0.05) is 11.6 Å². The van der Waals surface area contributed by atoms with Gasteiger partial charge >= 0.3 is 5.97 Å². The van der Waals surface area contributed by atoms with E-state index in [1.165, 1.54) is 25.6 Å². The molecule has 7 nitrogen and oxygen atoms in total. The van der Waals surface area contributed by atoms with E-state index in [1.807, 2.05) is 30.5 Å². The zero-order valence-corrected chi connectivity index (χ0v) is 19.4. The zero-order chi connectivity index (χ0) is 23.3. The van der Waals surface area contributed by atoms with E-state index in [0.717, 1.165) is 11.1 Å². The van der Waals surface area contributed by atoms with Crippen LogP contribution < -0.4 is 19.5 Å². The van der Waals surface area contributed by atoms with Crippen molar-refractivity contribution >= 4 is 28.2 Å². The summed E-state index contributed by atoms with van der Waals surface area (Å²) in [5.41, 5.74) is 3.00. The average molecular weight is 456 g/mol. The van der Waals surface area contributed by atoms with Crippen LogP contribution in [0.25, 0.3) is 11.1 Å². The molecule has 1 amide bonds. The first-order chi connectivity index (χ1) is 15.4. The SMILES string of the molecule is CCOC(=O)c1c(-c2cc(C)ccc2OC)csc1NC(=O)c1cc(OC)cc(OC)c1. The van der Waals surface area contributed by atoms with Gasteiger partial charge in [0.1, 0.15) is 27.8 Å². The fourth-order valence-electron chi connectivity index (χ4n) is 3.20. The fourth-order valence-corrected chi connectivity index (χ4v) is 4.14. The van der Waals surface area contributed by atoms with E-state index in [2.05, 4.69) is 5.32 Å². The Labute approximate surface area is 190 Å². The van der Waals surface area contributed by atoms with Crippen LogP contribution >= 0.6 is 11.3 Å². The first-order valence-electron chi connectivity index (χ1n) is 9.89. The summed E-state index contributed by atoms with van der Waals surface area (Å²) < 4.78 is 21.3. The summed E-state index contributed by atoms with van der Waals surface area (Å²) in [6, 6.07) is 10.6. The summed E-state index contributed by atoms with van der Waals surface area (Å²) in [5, 5.41) is 5.03. The number of esters is 1. The number of benzene rings is 2. The number of thiophene rings is 1. The molecule has 0 atom stereocenters. The van der Waals surface area contributed by atoms with Gasteiger partial charge in [-0.3, -0.25) is 4.79 Å². The predicted molar refractivity (Wildman–Crippen MR) is 124 cm³/mol. The van der Waals surface area contributed by atoms with Crippen molar-refractivity contribution < 1.29 is 28.5 Å². The molecule has 1 N–H and O–H groups in total. The lowest BCUT2D eigenvalue weighted by atomic mass is 10.0. The number of hydrogen-bond acceptors (Lipinski definition) is 7. The van der Waals surface area contributed by atoms with Crippen LogP contribution in [-0.2, 0) is 4.74 Å². The molecule has 0 radical (unpaired) electrons. The van der Waals surface area contributed by atoms with Gasteiger partial charge in [0.2, 0.25) is 0 Å². The normalized spacial score (nSPS) is 10.4. The summed E-state index contributed by atoms with van der Waals surface area (Å²) in [5.74, 6) is 0.658. The van der Waals surface area contributed by atoms with Crippen LogP contribution in [0, 0.1) is 6.92 Å². The average Bonchev–Trinajstić information content (AvgIpc) is 3.22. The fraction of sp³-hybridized carbons (Fsp3) is 0.250. The Morgan fingerprint density at radius 1 is 0.938 bits per heavy atom. The largest absolute Gasteiger partial charge is 0.497 e. The Morgan fingerprint density at radius 3 is 2.22 bits per heavy atom. The third-order valence-corrected chi connectivity index (χ3v) is 5.65. The summed E-state index contributed by atoms with van der Waals surface area (Å²) in [4.78, 5) is 25.9. The summed E-state index contributed by atoms with van der Waals surface area (Å²) in [6.45, 7) is 3.90. The van der Waals surface area contributed by atoms with Crippen LogP contribution in [0.5, 0.6) is 17.2 Å². The molecule has 1 heterocycles. The highest BCUT2D eigenvalue weighted by Gasteiger charge is 2.25. The molecule has 0 bridgehead atoms. The summed E-state index contributed by atoms with van der Waals surface area (Å²) in [7, 11) is 4.59. The van der Waals surface area contributed by atoms with Gasteiger partial charge in [-0.25, -0.2) is 4.79 Å². The van der Waals surface area contributed by atoms with Gasteiger partial charge < -0.3 is 24.3 Å². The number of carbonyl (C=O) groups excluding carboxylic acids is 2. The molecule has 0 aliphatic carbocycles. The molecule has 0 spiro atoms. The number of hydrogen-bond donors (Lipinski definition) is 1. The van der Waals surface area contributed by atoms with Gasteiger partial charge in [-0.05, 0) is 38.1 Å². The van der Waals surface area contributed by atoms with E-state index >= 15 is 0 Å². The highest BCUT2D eigenvalue weighted by atomic mass is 32.1. The number of amides is 1. The van der Waals surface area contributed by atoms with Gasteiger partial charge in [-0.2, -0.15) is 0 Å². The van der Waals surface area contributed by atoms with E-state index < -0.39 is 11.9 Å². The Hall–Kier alpha value is -3.52. The highest BCUT2D eigenvalue weighted by molar-refractivity contribution is 7.15. The molecule has 1 aromatic heterocycles. The van der Waals surface area contributed by atoms with E-state index in [0.29, 0.717) is 33.4 Å². The van der Waals surface area contributed by atoms with Crippen molar-refractivity contribution in [1.82, 2.24) is 0 Å². The lowest BCUT2D eigenvalue weighted by Gasteiger charge is -2.12. The molecular weight excluding hydrogens is 430 g/mol. The monoisotopic (exact) mass is 455 g/mol. The number of ether oxygens (including phenoxy) is 4. The van der Waals surface area contributed by atoms with Crippen LogP contribution in [0.4, 0.5) is 5.00 Å². The number of methoxy groups -OCH3 is 3. The predicted octanol–water partition coefficient (Wildman–Crippen LogP) is 5.18. The van der Waals surface area contributed by atoms with Crippen molar-refractivity contribution in [3.05, 3.63) is 58.5 Å². The van der Waals surface area contributed by atoms with Crippen molar-refractivity contribution in [3.8, 4) is 28.4 Å². The quantitative estimate of drug-likeness (QED) is 0.472. The molecular formula is C24H25NO6S. The Kier molecular flexibility index (Phi) is 7.37. The molecule has 3 aromatic rings. The van der Waals surface area contributed by atoms with Crippen LogP contribution in [0.15, 0.2) is 41.8 Å². The van der Waals surface area contributed by atoms with Crippen molar-refractivity contribution in [2.75, 3.05) is 33.3 Å². The topological polar surface area (TPSA) is 83.1 Å². The molecule has 0 saturated heterocycles. The minimum absolute atomic E-state index is 0.208. The maximum Gasteiger partial charge on any atom is 0.341 e. The molecule has 2 aromatic carbocycles. The van der Waals surface area contributed by atoms with Crippen molar-refractivity contribution in [2.45, 2.75) is 13.8 Å². The minimum atomic E-state index is -0.522. The van der Waals surface area contributed by atoms with Gasteiger partial charge in [0.05, 0.1) is 27.9 Å². The first kappa shape index (κ1) is 23.1. The highest BCUT2D eigenvalue weighted by Crippen LogP contribution is 2.41. The zero-order valence-electron chi connectivity index (χ0n) is 18.6. The minimum Gasteiger partial charge on any atom is -0.497 e. The molecule has 0 saturated carbocycles. The second-order valence-electron chi connectivity index (χ2n) is 6.83. The van der Waals surface area contributed by atoms with Gasteiger partial charge in [-0.15, -0.1) is 11.3 Å². The Morgan fingerprint density at radius 2 is 1.62 bits per heavy atom. The van der Waals surface area contributed by atoms with E-state index in [1.54, 1.807) is 32.2 Å². The van der Waals surface area contributed by atoms with E-state index in [4.69, 9.17) is 18.9 Å². The van der Waals surface area contributed by atoms with Crippen molar-refractivity contribution in [3.63, 3.8) is 0 Å². The maximum atomic E-state index is 13.0. The standard InChI is InChI=1S/C24H25NO6S/c1-6-31-24(27)21-19(18-9-14(2)7-8-20(18)30-5)13-32-23(21)25-22(26)15-10-16(28-3)12-17(11-15)29-4/h7-13H,6H2,1-5H3,(H,25,26).